The van der Waals surface area contributed by atoms with Crippen molar-refractivity contribution in [3.63, 3.8) is 0 Å². The number of nitrogens with one attached hydrogen (secondary N) is 1. The molecular weight excluding hydrogens is 506 g/mol. The van der Waals surface area contributed by atoms with E-state index in [-0.39, 0.29) is 31.3 Å². The predicted molar refractivity (Wildman–Crippen MR) is 135 cm³/mol. The van der Waals surface area contributed by atoms with Crippen LogP contribution < -0.4 is 9.62 Å². The van der Waals surface area contributed by atoms with Gasteiger partial charge in [-0.1, -0.05) is 45.8 Å². The molecule has 0 aliphatic rings. The van der Waals surface area contributed by atoms with E-state index in [1.165, 1.54) is 4.31 Å². The summed E-state index contributed by atoms with van der Waals surface area (Å²) in [5.41, 5.74) is 2.49. The van der Waals surface area contributed by atoms with Crippen molar-refractivity contribution in [1.82, 2.24) is 10.2 Å². The zero-order valence-electron chi connectivity index (χ0n) is 19.5. The molecule has 2 rings (SSSR count). The van der Waals surface area contributed by atoms with E-state index in [0.29, 0.717) is 18.7 Å². The quantitative estimate of drug-likeness (QED) is 0.471. The number of aryl methyl sites for hydroxylation is 1. The van der Waals surface area contributed by atoms with Gasteiger partial charge in [0.25, 0.3) is 0 Å². The van der Waals surface area contributed by atoms with E-state index in [2.05, 4.69) is 21.2 Å². The van der Waals surface area contributed by atoms with Crippen molar-refractivity contribution in [1.29, 1.82) is 0 Å². The zero-order valence-corrected chi connectivity index (χ0v) is 21.9. The van der Waals surface area contributed by atoms with Gasteiger partial charge in [-0.05, 0) is 57.0 Å². The standard InChI is InChI=1S/C24H32BrN3O4S/c1-5-26-24(30)19(3)27(17-20-8-6-9-21(25)16-20)23(29)10-7-15-28(33(4,31)32)22-13-11-18(2)12-14-22/h6,8-9,11-14,16,19H,5,7,10,15,17H2,1-4H3,(H,26,30)/t19-/m1/s1. The number of hydrogen-bond acceptors (Lipinski definition) is 4. The van der Waals surface area contributed by atoms with Crippen molar-refractivity contribution in [3.05, 3.63) is 64.1 Å². The zero-order chi connectivity index (χ0) is 24.6. The summed E-state index contributed by atoms with van der Waals surface area (Å²) in [5, 5.41) is 2.77. The van der Waals surface area contributed by atoms with E-state index in [9.17, 15) is 18.0 Å². The highest BCUT2D eigenvalue weighted by Gasteiger charge is 2.26. The molecule has 0 aromatic heterocycles. The number of sulfonamides is 1. The molecule has 7 nitrogen and oxygen atoms in total. The molecule has 180 valence electrons. The second kappa shape index (κ2) is 12.2. The number of benzene rings is 2. The summed E-state index contributed by atoms with van der Waals surface area (Å²) in [6.45, 7) is 6.40. The lowest BCUT2D eigenvalue weighted by Gasteiger charge is -2.29. The Kier molecular flexibility index (Phi) is 9.91. The summed E-state index contributed by atoms with van der Waals surface area (Å²) in [7, 11) is -3.50. The van der Waals surface area contributed by atoms with Crippen molar-refractivity contribution in [3.8, 4) is 0 Å². The molecule has 0 radical (unpaired) electrons. The highest BCUT2D eigenvalue weighted by atomic mass is 79.9. The molecule has 0 heterocycles. The van der Waals surface area contributed by atoms with Gasteiger partial charge in [0, 0.05) is 30.5 Å². The SMILES string of the molecule is CCNC(=O)[C@@H](C)N(Cc1cccc(Br)c1)C(=O)CCCN(c1ccc(C)cc1)S(C)(=O)=O. The minimum atomic E-state index is -3.50. The molecule has 2 aromatic rings. The van der Waals surface area contributed by atoms with Gasteiger partial charge in [-0.15, -0.1) is 0 Å². The van der Waals surface area contributed by atoms with Crippen LogP contribution in [0.3, 0.4) is 0 Å². The monoisotopic (exact) mass is 537 g/mol. The largest absolute Gasteiger partial charge is 0.355 e. The van der Waals surface area contributed by atoms with Crippen LogP contribution >= 0.6 is 15.9 Å². The van der Waals surface area contributed by atoms with Gasteiger partial charge in [0.05, 0.1) is 11.9 Å². The smallest absolute Gasteiger partial charge is 0.242 e. The minimum Gasteiger partial charge on any atom is -0.355 e. The molecule has 2 aromatic carbocycles. The van der Waals surface area contributed by atoms with Crippen molar-refractivity contribution < 1.29 is 18.0 Å². The van der Waals surface area contributed by atoms with Crippen LogP contribution in [-0.2, 0) is 26.2 Å². The lowest BCUT2D eigenvalue weighted by molar-refractivity contribution is -0.140. The van der Waals surface area contributed by atoms with E-state index in [4.69, 9.17) is 0 Å². The number of likely N-dealkylation sites (N-methyl/N-ethyl adjacent to an activating group) is 1. The summed E-state index contributed by atoms with van der Waals surface area (Å²) in [6.07, 6.45) is 1.61. The maximum atomic E-state index is 13.2. The highest BCUT2D eigenvalue weighted by Crippen LogP contribution is 2.20. The molecule has 0 saturated carbocycles. The molecule has 1 atom stereocenters. The van der Waals surface area contributed by atoms with Gasteiger partial charge in [-0.25, -0.2) is 8.42 Å². The van der Waals surface area contributed by atoms with Gasteiger partial charge >= 0.3 is 0 Å². The molecule has 0 unspecified atom stereocenters. The van der Waals surface area contributed by atoms with Crippen LogP contribution in [0.15, 0.2) is 53.0 Å². The van der Waals surface area contributed by atoms with Crippen LogP contribution in [0.5, 0.6) is 0 Å². The van der Waals surface area contributed by atoms with Crippen molar-refractivity contribution in [2.75, 3.05) is 23.7 Å². The maximum Gasteiger partial charge on any atom is 0.242 e. The molecule has 0 fully saturated rings. The first kappa shape index (κ1) is 26.9. The average Bonchev–Trinajstić information content (AvgIpc) is 2.74. The van der Waals surface area contributed by atoms with E-state index in [0.717, 1.165) is 21.9 Å². The van der Waals surface area contributed by atoms with Gasteiger partial charge in [0.15, 0.2) is 0 Å². The molecule has 1 N–H and O–H groups in total. The van der Waals surface area contributed by atoms with E-state index < -0.39 is 16.1 Å². The molecule has 9 heteroatoms. The van der Waals surface area contributed by atoms with Crippen molar-refractivity contribution in [2.45, 2.75) is 46.2 Å². The number of anilines is 1. The van der Waals surface area contributed by atoms with Gasteiger partial charge in [-0.3, -0.25) is 13.9 Å². The number of amides is 2. The second-order valence-electron chi connectivity index (χ2n) is 8.00. The van der Waals surface area contributed by atoms with Gasteiger partial charge < -0.3 is 10.2 Å². The molecule has 0 spiro atoms. The molecule has 0 saturated heterocycles. The van der Waals surface area contributed by atoms with Gasteiger partial charge in [0.2, 0.25) is 21.8 Å². The van der Waals surface area contributed by atoms with Crippen molar-refractivity contribution in [2.24, 2.45) is 0 Å². The number of halogens is 1. The Balaban J connectivity index is 2.14. The fraction of sp³-hybridized carbons (Fsp3) is 0.417. The number of nitrogens with zero attached hydrogens (tertiary/aromatic N) is 2. The van der Waals surface area contributed by atoms with Crippen LogP contribution in [0.4, 0.5) is 5.69 Å². The Bertz CT molecular complexity index is 1060. The Labute approximate surface area is 205 Å². The number of carbonyl (C=O) groups is 2. The predicted octanol–water partition coefficient (Wildman–Crippen LogP) is 3.86. The summed E-state index contributed by atoms with van der Waals surface area (Å²) in [6, 6.07) is 14.2. The van der Waals surface area contributed by atoms with E-state index in [1.807, 2.05) is 50.2 Å². The Morgan fingerprint density at radius 1 is 1.12 bits per heavy atom. The highest BCUT2D eigenvalue weighted by molar-refractivity contribution is 9.10. The first-order valence-corrected chi connectivity index (χ1v) is 13.5. The molecule has 2 amide bonds. The first-order valence-electron chi connectivity index (χ1n) is 10.9. The summed E-state index contributed by atoms with van der Waals surface area (Å²) in [4.78, 5) is 27.2. The topological polar surface area (TPSA) is 86.8 Å². The summed E-state index contributed by atoms with van der Waals surface area (Å²) in [5.74, 6) is -0.427. The third-order valence-electron chi connectivity index (χ3n) is 5.23. The molecule has 33 heavy (non-hydrogen) atoms. The Morgan fingerprint density at radius 3 is 2.36 bits per heavy atom. The third kappa shape index (κ3) is 8.16. The fourth-order valence-electron chi connectivity index (χ4n) is 3.45. The minimum absolute atomic E-state index is 0.121. The third-order valence-corrected chi connectivity index (χ3v) is 6.92. The molecular formula is C24H32BrN3O4S. The van der Waals surface area contributed by atoms with Crippen LogP contribution in [0, 0.1) is 6.92 Å². The van der Waals surface area contributed by atoms with Gasteiger partial charge in [0.1, 0.15) is 6.04 Å². The van der Waals surface area contributed by atoms with Crippen LogP contribution in [0.25, 0.3) is 0 Å². The van der Waals surface area contributed by atoms with E-state index in [1.54, 1.807) is 24.0 Å². The first-order chi connectivity index (χ1) is 15.5. The lowest BCUT2D eigenvalue weighted by Crippen LogP contribution is -2.47. The maximum absolute atomic E-state index is 13.2. The Morgan fingerprint density at radius 2 is 1.79 bits per heavy atom. The van der Waals surface area contributed by atoms with Crippen molar-refractivity contribution >= 4 is 43.5 Å². The fourth-order valence-corrected chi connectivity index (χ4v) is 4.86. The second-order valence-corrected chi connectivity index (χ2v) is 10.8. The average molecular weight is 539 g/mol. The molecule has 0 aliphatic carbocycles. The normalized spacial score (nSPS) is 12.2. The van der Waals surface area contributed by atoms with E-state index >= 15 is 0 Å². The summed E-state index contributed by atoms with van der Waals surface area (Å²) < 4.78 is 26.9. The summed E-state index contributed by atoms with van der Waals surface area (Å²) >= 11 is 3.44. The molecule has 0 bridgehead atoms. The Hall–Kier alpha value is -2.39. The van der Waals surface area contributed by atoms with Crippen LogP contribution in [0.2, 0.25) is 0 Å². The number of carbonyl (C=O) groups excluding carboxylic acids is 2. The van der Waals surface area contributed by atoms with Crippen LogP contribution in [-0.4, -0.2) is 50.5 Å². The molecule has 0 aliphatic heterocycles. The van der Waals surface area contributed by atoms with Crippen LogP contribution in [0.1, 0.15) is 37.8 Å². The van der Waals surface area contributed by atoms with Gasteiger partial charge in [-0.2, -0.15) is 0 Å². The lowest BCUT2D eigenvalue weighted by atomic mass is 10.1. The number of rotatable bonds is 11. The number of hydrogen-bond donors (Lipinski definition) is 1.